The molecule has 5 heteroatoms. The Balaban J connectivity index is 2.09. The minimum Gasteiger partial charge on any atom is -0.383 e. The Hall–Kier alpha value is -0.910. The maximum Gasteiger partial charge on any atom is 0.239 e. The molecule has 0 aliphatic heterocycles. The first-order valence-corrected chi connectivity index (χ1v) is 8.65. The summed E-state index contributed by atoms with van der Waals surface area (Å²) in [4.78, 5) is 12.3. The third kappa shape index (κ3) is 4.80. The molecule has 1 aliphatic carbocycles. The fourth-order valence-electron chi connectivity index (χ4n) is 3.18. The monoisotopic (exact) mass is 368 g/mol. The summed E-state index contributed by atoms with van der Waals surface area (Å²) < 4.78 is 6.06. The molecule has 3 N–H and O–H groups in total. The molecule has 1 unspecified atom stereocenters. The number of nitrogens with two attached hydrogens (primary N) is 1. The van der Waals surface area contributed by atoms with Gasteiger partial charge in [-0.15, -0.1) is 0 Å². The van der Waals surface area contributed by atoms with Crippen molar-refractivity contribution in [2.45, 2.75) is 50.1 Å². The third-order valence-corrected chi connectivity index (χ3v) is 4.87. The number of carbonyl (C=O) groups excluding carboxylic acids is 1. The highest BCUT2D eigenvalue weighted by Gasteiger charge is 2.34. The molecule has 1 amide bonds. The van der Waals surface area contributed by atoms with E-state index in [-0.39, 0.29) is 18.1 Å². The summed E-state index contributed by atoms with van der Waals surface area (Å²) in [6, 6.07) is 7.71. The highest BCUT2D eigenvalue weighted by Crippen LogP contribution is 2.31. The van der Waals surface area contributed by atoms with Crippen LogP contribution in [0, 0.1) is 0 Å². The molecule has 0 saturated heterocycles. The maximum absolute atomic E-state index is 12.3. The first kappa shape index (κ1) is 17.4. The van der Waals surface area contributed by atoms with Crippen LogP contribution in [0.3, 0.4) is 0 Å². The minimum atomic E-state index is -0.603. The number of amides is 1. The quantitative estimate of drug-likeness (QED) is 0.811. The summed E-state index contributed by atoms with van der Waals surface area (Å²) in [7, 11) is 1.56. The largest absolute Gasteiger partial charge is 0.383 e. The van der Waals surface area contributed by atoms with Crippen molar-refractivity contribution in [3.05, 3.63) is 34.3 Å². The molecular weight excluding hydrogens is 344 g/mol. The zero-order valence-corrected chi connectivity index (χ0v) is 14.7. The van der Waals surface area contributed by atoms with Gasteiger partial charge in [0, 0.05) is 17.1 Å². The maximum atomic E-state index is 12.3. The van der Waals surface area contributed by atoms with Crippen LogP contribution in [0.15, 0.2) is 28.7 Å². The molecule has 1 aromatic rings. The highest BCUT2D eigenvalue weighted by atomic mass is 79.9. The van der Waals surface area contributed by atoms with Gasteiger partial charge >= 0.3 is 0 Å². The first-order chi connectivity index (χ1) is 10.5. The van der Waals surface area contributed by atoms with Crippen LogP contribution in [0.5, 0.6) is 0 Å². The summed E-state index contributed by atoms with van der Waals surface area (Å²) >= 11 is 3.46. The Labute approximate surface area is 140 Å². The molecule has 0 spiro atoms. The zero-order valence-electron chi connectivity index (χ0n) is 13.1. The molecule has 22 heavy (non-hydrogen) atoms. The van der Waals surface area contributed by atoms with Crippen molar-refractivity contribution in [2.75, 3.05) is 13.7 Å². The lowest BCUT2D eigenvalue weighted by Gasteiger charge is -2.39. The third-order valence-electron chi connectivity index (χ3n) is 4.34. The van der Waals surface area contributed by atoms with E-state index in [1.165, 1.54) is 12.0 Å². The van der Waals surface area contributed by atoms with Gasteiger partial charge in [-0.25, -0.2) is 0 Å². The number of hydrogen-bond donors (Lipinski definition) is 2. The second kappa shape index (κ2) is 8.09. The lowest BCUT2D eigenvalue weighted by molar-refractivity contribution is -0.125. The molecule has 1 aromatic carbocycles. The number of carbonyl (C=O) groups is 1. The van der Waals surface area contributed by atoms with Crippen molar-refractivity contribution in [2.24, 2.45) is 5.73 Å². The molecule has 1 saturated carbocycles. The Morgan fingerprint density at radius 1 is 1.32 bits per heavy atom. The van der Waals surface area contributed by atoms with Gasteiger partial charge in [0.2, 0.25) is 5.91 Å². The number of hydrogen-bond acceptors (Lipinski definition) is 3. The first-order valence-electron chi connectivity index (χ1n) is 7.86. The number of methoxy groups -OCH3 is 1. The van der Waals surface area contributed by atoms with Crippen molar-refractivity contribution in [3.63, 3.8) is 0 Å². The molecule has 122 valence electrons. The van der Waals surface area contributed by atoms with Crippen molar-refractivity contribution < 1.29 is 9.53 Å². The molecule has 1 aliphatic rings. The molecule has 2 rings (SSSR count). The van der Waals surface area contributed by atoms with E-state index in [2.05, 4.69) is 33.4 Å². The van der Waals surface area contributed by atoms with Crippen molar-refractivity contribution in [3.8, 4) is 0 Å². The van der Waals surface area contributed by atoms with Crippen LogP contribution in [0.1, 0.15) is 37.7 Å². The van der Waals surface area contributed by atoms with E-state index < -0.39 is 6.04 Å². The van der Waals surface area contributed by atoms with Crippen LogP contribution in [-0.2, 0) is 16.0 Å². The summed E-state index contributed by atoms with van der Waals surface area (Å²) in [5, 5.41) is 3.22. The minimum absolute atomic E-state index is 0.110. The lowest BCUT2D eigenvalue weighted by Crippen LogP contribution is -2.56. The normalized spacial score (nSPS) is 18.7. The van der Waals surface area contributed by atoms with E-state index in [4.69, 9.17) is 10.5 Å². The average Bonchev–Trinajstić information content (AvgIpc) is 2.50. The molecule has 4 nitrogen and oxygen atoms in total. The number of halogens is 1. The molecule has 0 heterocycles. The molecule has 0 aromatic heterocycles. The summed E-state index contributed by atoms with van der Waals surface area (Å²) in [6.07, 6.45) is 6.41. The lowest BCUT2D eigenvalue weighted by atomic mass is 9.77. The van der Waals surface area contributed by atoms with Crippen LogP contribution in [-0.4, -0.2) is 31.2 Å². The smallest absolute Gasteiger partial charge is 0.239 e. The van der Waals surface area contributed by atoms with Crippen LogP contribution >= 0.6 is 15.9 Å². The predicted octanol–water partition coefficient (Wildman–Crippen LogP) is 2.78. The van der Waals surface area contributed by atoms with Crippen molar-refractivity contribution in [1.82, 2.24) is 5.32 Å². The summed E-state index contributed by atoms with van der Waals surface area (Å²) in [5.41, 5.74) is 6.94. The number of benzene rings is 1. The standard InChI is InChI=1S/C17H25BrN2O2/c1-22-12-15(19)16(21)20-17(9-3-2-4-10-17)11-13-5-7-14(18)8-6-13/h5-8,15H,2-4,9-12,19H2,1H3,(H,20,21). The second-order valence-electron chi connectivity index (χ2n) is 6.20. The Morgan fingerprint density at radius 2 is 1.95 bits per heavy atom. The number of nitrogens with one attached hydrogen (secondary N) is 1. The van der Waals surface area contributed by atoms with E-state index in [1.807, 2.05) is 12.1 Å². The van der Waals surface area contributed by atoms with E-state index in [9.17, 15) is 4.79 Å². The van der Waals surface area contributed by atoms with Crippen LogP contribution in [0.2, 0.25) is 0 Å². The van der Waals surface area contributed by atoms with Crippen LogP contribution in [0.4, 0.5) is 0 Å². The highest BCUT2D eigenvalue weighted by molar-refractivity contribution is 9.10. The van der Waals surface area contributed by atoms with Crippen molar-refractivity contribution in [1.29, 1.82) is 0 Å². The van der Waals surface area contributed by atoms with E-state index in [0.29, 0.717) is 0 Å². The van der Waals surface area contributed by atoms with Crippen LogP contribution < -0.4 is 11.1 Å². The van der Waals surface area contributed by atoms with E-state index in [0.717, 1.165) is 36.6 Å². The van der Waals surface area contributed by atoms with Gasteiger partial charge in [-0.1, -0.05) is 47.3 Å². The van der Waals surface area contributed by atoms with Crippen LogP contribution in [0.25, 0.3) is 0 Å². The van der Waals surface area contributed by atoms with Gasteiger partial charge in [-0.3, -0.25) is 4.79 Å². The van der Waals surface area contributed by atoms with Crippen molar-refractivity contribution >= 4 is 21.8 Å². The number of ether oxygens (including phenoxy) is 1. The zero-order chi connectivity index (χ0) is 16.0. The topological polar surface area (TPSA) is 64.3 Å². The fraction of sp³-hybridized carbons (Fsp3) is 0.588. The SMILES string of the molecule is COCC(N)C(=O)NC1(Cc2ccc(Br)cc2)CCCCC1. The van der Waals surface area contributed by atoms with E-state index in [1.54, 1.807) is 7.11 Å². The van der Waals surface area contributed by atoms with Gasteiger partial charge in [0.05, 0.1) is 6.61 Å². The fourth-order valence-corrected chi connectivity index (χ4v) is 3.44. The van der Waals surface area contributed by atoms with Gasteiger partial charge in [0.1, 0.15) is 6.04 Å². The van der Waals surface area contributed by atoms with Gasteiger partial charge < -0.3 is 15.8 Å². The molecule has 1 atom stereocenters. The molecule has 0 bridgehead atoms. The molecular formula is C17H25BrN2O2. The second-order valence-corrected chi connectivity index (χ2v) is 7.11. The summed E-state index contributed by atoms with van der Waals surface area (Å²) in [5.74, 6) is -0.110. The van der Waals surface area contributed by atoms with Gasteiger partial charge in [0.25, 0.3) is 0 Å². The molecule has 1 fully saturated rings. The van der Waals surface area contributed by atoms with Gasteiger partial charge in [0.15, 0.2) is 0 Å². The predicted molar refractivity (Wildman–Crippen MR) is 91.7 cm³/mol. The summed E-state index contributed by atoms with van der Waals surface area (Å²) in [6.45, 7) is 0.250. The Bertz CT molecular complexity index is 484. The Kier molecular flexibility index (Phi) is 6.41. The Morgan fingerprint density at radius 3 is 2.55 bits per heavy atom. The van der Waals surface area contributed by atoms with E-state index >= 15 is 0 Å². The number of rotatable bonds is 6. The average molecular weight is 369 g/mol. The molecule has 0 radical (unpaired) electrons. The van der Waals surface area contributed by atoms with Gasteiger partial charge in [-0.2, -0.15) is 0 Å². The van der Waals surface area contributed by atoms with Gasteiger partial charge in [-0.05, 0) is 37.0 Å².